The molecule has 0 radical (unpaired) electrons. The number of imidazole rings is 1. The summed E-state index contributed by atoms with van der Waals surface area (Å²) in [5.41, 5.74) is 5.83. The molecule has 3 unspecified atom stereocenters. The van der Waals surface area contributed by atoms with Crippen LogP contribution >= 0.6 is 12.4 Å². The third-order valence-corrected chi connectivity index (χ3v) is 6.24. The SMILES string of the molecule is Cl.c1ccc(COC2c3cccc4c3C(CCC4)CC2Cn2ccnc2)cc1. The molecule has 3 atom stereocenters. The van der Waals surface area contributed by atoms with Gasteiger partial charge in [-0.2, -0.15) is 0 Å². The number of benzene rings is 2. The molecule has 0 bridgehead atoms. The van der Waals surface area contributed by atoms with Gasteiger partial charge in [0.15, 0.2) is 0 Å². The lowest BCUT2D eigenvalue weighted by Crippen LogP contribution is -2.31. The molecular weight excluding hydrogens is 368 g/mol. The minimum atomic E-state index is 0. The van der Waals surface area contributed by atoms with Crippen LogP contribution in [0.4, 0.5) is 0 Å². The van der Waals surface area contributed by atoms with E-state index in [0.29, 0.717) is 18.4 Å². The molecule has 0 aliphatic heterocycles. The second-order valence-corrected chi connectivity index (χ2v) is 7.98. The predicted molar refractivity (Wildman–Crippen MR) is 114 cm³/mol. The van der Waals surface area contributed by atoms with E-state index < -0.39 is 0 Å². The van der Waals surface area contributed by atoms with E-state index in [0.717, 1.165) is 6.54 Å². The number of aryl methyl sites for hydroxylation is 1. The highest BCUT2D eigenvalue weighted by molar-refractivity contribution is 5.85. The Bertz CT molecular complexity index is 894. The monoisotopic (exact) mass is 394 g/mol. The molecule has 3 nitrogen and oxygen atoms in total. The first-order valence-electron chi connectivity index (χ1n) is 10.1. The maximum atomic E-state index is 6.60. The van der Waals surface area contributed by atoms with Crippen molar-refractivity contribution in [3.63, 3.8) is 0 Å². The van der Waals surface area contributed by atoms with Crippen molar-refractivity contribution >= 4 is 12.4 Å². The Labute approximate surface area is 173 Å². The van der Waals surface area contributed by atoms with E-state index in [1.807, 2.05) is 12.5 Å². The summed E-state index contributed by atoms with van der Waals surface area (Å²) in [5, 5.41) is 0. The average molecular weight is 395 g/mol. The van der Waals surface area contributed by atoms with Crippen LogP contribution in [0.3, 0.4) is 0 Å². The molecule has 1 heterocycles. The van der Waals surface area contributed by atoms with Gasteiger partial charge >= 0.3 is 0 Å². The summed E-state index contributed by atoms with van der Waals surface area (Å²) < 4.78 is 8.80. The summed E-state index contributed by atoms with van der Waals surface area (Å²) in [7, 11) is 0. The van der Waals surface area contributed by atoms with E-state index in [4.69, 9.17) is 4.74 Å². The Balaban J connectivity index is 0.00000192. The topological polar surface area (TPSA) is 27.1 Å². The van der Waals surface area contributed by atoms with E-state index in [-0.39, 0.29) is 18.5 Å². The second-order valence-electron chi connectivity index (χ2n) is 7.98. The molecule has 2 aliphatic rings. The number of rotatable bonds is 5. The van der Waals surface area contributed by atoms with Crippen molar-refractivity contribution in [2.75, 3.05) is 0 Å². The highest BCUT2D eigenvalue weighted by Crippen LogP contribution is 2.49. The Morgan fingerprint density at radius 3 is 2.79 bits per heavy atom. The Kier molecular flexibility index (Phi) is 5.84. The predicted octanol–water partition coefficient (Wildman–Crippen LogP) is 5.70. The highest BCUT2D eigenvalue weighted by Gasteiger charge is 2.38. The highest BCUT2D eigenvalue weighted by atomic mass is 35.5. The molecule has 0 saturated carbocycles. The van der Waals surface area contributed by atoms with Crippen LogP contribution in [0.25, 0.3) is 0 Å². The lowest BCUT2D eigenvalue weighted by atomic mass is 9.68. The summed E-state index contributed by atoms with van der Waals surface area (Å²) in [6.45, 7) is 1.64. The summed E-state index contributed by atoms with van der Waals surface area (Å²) in [5.74, 6) is 1.17. The van der Waals surface area contributed by atoms with Crippen molar-refractivity contribution in [1.82, 2.24) is 9.55 Å². The molecule has 1 aromatic heterocycles. The molecule has 0 fully saturated rings. The van der Waals surface area contributed by atoms with Gasteiger partial charge < -0.3 is 9.30 Å². The smallest absolute Gasteiger partial charge is 0.0946 e. The zero-order valence-corrected chi connectivity index (χ0v) is 16.9. The second kappa shape index (κ2) is 8.50. The van der Waals surface area contributed by atoms with Gasteiger partial charge in [0.05, 0.1) is 19.0 Å². The normalized spacial score (nSPS) is 22.9. The van der Waals surface area contributed by atoms with E-state index >= 15 is 0 Å². The van der Waals surface area contributed by atoms with Gasteiger partial charge in [-0.05, 0) is 53.9 Å². The summed E-state index contributed by atoms with van der Waals surface area (Å²) in [4.78, 5) is 4.24. The maximum absolute atomic E-state index is 6.60. The van der Waals surface area contributed by atoms with Gasteiger partial charge in [-0.3, -0.25) is 0 Å². The molecule has 0 amide bonds. The first-order chi connectivity index (χ1) is 13.4. The van der Waals surface area contributed by atoms with Gasteiger partial charge in [0, 0.05) is 24.9 Å². The van der Waals surface area contributed by atoms with Crippen molar-refractivity contribution in [3.8, 4) is 0 Å². The molecule has 4 heteroatoms. The standard InChI is InChI=1S/C24H26N2O.ClH/c1-2-6-18(7-3-1)16-27-24-21(15-26-13-12-25-17-26)14-20-10-4-8-19-9-5-11-22(24)23(19)20;/h1-3,5-7,9,11-13,17,20-21,24H,4,8,10,14-16H2;1H. The summed E-state index contributed by atoms with van der Waals surface area (Å²) in [6, 6.07) is 17.4. The molecule has 28 heavy (non-hydrogen) atoms. The molecule has 5 rings (SSSR count). The van der Waals surface area contributed by atoms with E-state index in [1.54, 1.807) is 11.1 Å². The van der Waals surface area contributed by atoms with E-state index in [2.05, 4.69) is 64.3 Å². The molecule has 0 spiro atoms. The molecule has 0 N–H and O–H groups in total. The molecule has 146 valence electrons. The molecule has 3 aromatic rings. The van der Waals surface area contributed by atoms with Crippen LogP contribution in [0.1, 0.15) is 53.5 Å². The van der Waals surface area contributed by atoms with Gasteiger partial charge in [-0.1, -0.05) is 48.5 Å². The van der Waals surface area contributed by atoms with Crippen molar-refractivity contribution in [3.05, 3.63) is 89.5 Å². The van der Waals surface area contributed by atoms with Crippen molar-refractivity contribution in [2.24, 2.45) is 5.92 Å². The number of ether oxygens (including phenoxy) is 1. The minimum absolute atomic E-state index is 0. The molecule has 2 aromatic carbocycles. The fourth-order valence-electron chi connectivity index (χ4n) is 5.08. The quantitative estimate of drug-likeness (QED) is 0.554. The van der Waals surface area contributed by atoms with Crippen LogP contribution in [0.5, 0.6) is 0 Å². The van der Waals surface area contributed by atoms with Crippen LogP contribution < -0.4 is 0 Å². The molecular formula is C24H27ClN2O. The largest absolute Gasteiger partial charge is 0.368 e. The van der Waals surface area contributed by atoms with Crippen LogP contribution in [0, 0.1) is 5.92 Å². The van der Waals surface area contributed by atoms with Gasteiger partial charge in [-0.15, -0.1) is 12.4 Å². The van der Waals surface area contributed by atoms with Gasteiger partial charge in [0.2, 0.25) is 0 Å². The average Bonchev–Trinajstić information content (AvgIpc) is 3.22. The van der Waals surface area contributed by atoms with Crippen molar-refractivity contribution < 1.29 is 4.74 Å². The maximum Gasteiger partial charge on any atom is 0.0946 e. The van der Waals surface area contributed by atoms with E-state index in [1.165, 1.54) is 36.8 Å². The van der Waals surface area contributed by atoms with Gasteiger partial charge in [0.25, 0.3) is 0 Å². The van der Waals surface area contributed by atoms with Gasteiger partial charge in [0.1, 0.15) is 0 Å². The van der Waals surface area contributed by atoms with E-state index in [9.17, 15) is 0 Å². The number of aromatic nitrogens is 2. The lowest BCUT2D eigenvalue weighted by Gasteiger charge is -2.41. The number of halogens is 1. The first-order valence-corrected chi connectivity index (χ1v) is 10.1. The summed E-state index contributed by atoms with van der Waals surface area (Å²) >= 11 is 0. The van der Waals surface area contributed by atoms with Crippen LogP contribution in [0.2, 0.25) is 0 Å². The van der Waals surface area contributed by atoms with Crippen LogP contribution in [-0.2, 0) is 24.3 Å². The zero-order valence-electron chi connectivity index (χ0n) is 16.0. The minimum Gasteiger partial charge on any atom is -0.368 e. The van der Waals surface area contributed by atoms with Crippen molar-refractivity contribution in [2.45, 2.75) is 50.9 Å². The Hall–Kier alpha value is -2.10. The Morgan fingerprint density at radius 2 is 1.96 bits per heavy atom. The number of nitrogens with zero attached hydrogens (tertiary/aromatic N) is 2. The summed E-state index contributed by atoms with van der Waals surface area (Å²) in [6.07, 6.45) is 11.1. The fraction of sp³-hybridized carbons (Fsp3) is 0.375. The lowest BCUT2D eigenvalue weighted by molar-refractivity contribution is -0.0193. The number of hydrogen-bond donors (Lipinski definition) is 0. The van der Waals surface area contributed by atoms with Gasteiger partial charge in [-0.25, -0.2) is 4.98 Å². The molecule has 2 aliphatic carbocycles. The molecule has 0 saturated heterocycles. The number of hydrogen-bond acceptors (Lipinski definition) is 2. The van der Waals surface area contributed by atoms with Crippen molar-refractivity contribution in [1.29, 1.82) is 0 Å². The first kappa shape index (κ1) is 19.2. The van der Waals surface area contributed by atoms with Crippen LogP contribution in [-0.4, -0.2) is 9.55 Å². The third-order valence-electron chi connectivity index (χ3n) is 6.24. The Morgan fingerprint density at radius 1 is 1.07 bits per heavy atom. The van der Waals surface area contributed by atoms with Crippen LogP contribution in [0.15, 0.2) is 67.3 Å². The third kappa shape index (κ3) is 3.74. The fourth-order valence-corrected chi connectivity index (χ4v) is 5.08. The zero-order chi connectivity index (χ0) is 18.1.